The lowest BCUT2D eigenvalue weighted by Gasteiger charge is -2.19. The highest BCUT2D eigenvalue weighted by atomic mass is 16.5. The Kier molecular flexibility index (Phi) is 5.69. The van der Waals surface area contributed by atoms with Crippen LogP contribution < -0.4 is 4.74 Å². The summed E-state index contributed by atoms with van der Waals surface area (Å²) in [5.41, 5.74) is 2.16. The highest BCUT2D eigenvalue weighted by Gasteiger charge is 2.29. The minimum Gasteiger partial charge on any atom is -0.467 e. The number of benzene rings is 2. The lowest BCUT2D eigenvalue weighted by atomic mass is 10.1. The van der Waals surface area contributed by atoms with Crippen LogP contribution in [0.5, 0.6) is 5.75 Å². The molecule has 0 N–H and O–H groups in total. The van der Waals surface area contributed by atoms with Crippen molar-refractivity contribution in [1.29, 1.82) is 0 Å². The highest BCUT2D eigenvalue weighted by molar-refractivity contribution is 5.84. The van der Waals surface area contributed by atoms with E-state index in [9.17, 15) is 9.59 Å². The molecule has 3 rings (SSSR count). The number of carbonyl (C=O) groups is 2. The summed E-state index contributed by atoms with van der Waals surface area (Å²) >= 11 is 0. The number of carbonyl (C=O) groups excluding carboxylic acids is 2. The summed E-state index contributed by atoms with van der Waals surface area (Å²) in [6.45, 7) is 0.718. The van der Waals surface area contributed by atoms with Crippen molar-refractivity contribution in [3.8, 4) is 16.9 Å². The van der Waals surface area contributed by atoms with Gasteiger partial charge in [-0.2, -0.15) is 0 Å². The van der Waals surface area contributed by atoms with E-state index in [2.05, 4.69) is 0 Å². The van der Waals surface area contributed by atoms with Gasteiger partial charge in [0, 0.05) is 18.8 Å². The Balaban J connectivity index is 1.59. The average molecular weight is 351 g/mol. The number of ether oxygens (including phenoxy) is 2. The van der Waals surface area contributed by atoms with Crippen LogP contribution in [-0.4, -0.2) is 36.5 Å². The molecule has 134 valence electrons. The minimum absolute atomic E-state index is 0.281. The summed E-state index contributed by atoms with van der Waals surface area (Å²) in [6, 6.07) is 17.0. The summed E-state index contributed by atoms with van der Waals surface area (Å²) < 4.78 is 10.1. The molecule has 2 aromatic rings. The lowest BCUT2D eigenvalue weighted by molar-refractivity contribution is -0.145. The van der Waals surface area contributed by atoms with Crippen LogP contribution in [0.1, 0.15) is 12.8 Å². The zero-order valence-corrected chi connectivity index (χ0v) is 14.6. The van der Waals surface area contributed by atoms with Crippen LogP contribution in [0.15, 0.2) is 66.9 Å². The van der Waals surface area contributed by atoms with Crippen LogP contribution >= 0.6 is 0 Å². The number of esters is 2. The van der Waals surface area contributed by atoms with Gasteiger partial charge < -0.3 is 14.4 Å². The molecule has 1 heterocycles. The Morgan fingerprint density at radius 3 is 2.42 bits per heavy atom. The molecule has 1 unspecified atom stereocenters. The van der Waals surface area contributed by atoms with Crippen LogP contribution in [0.25, 0.3) is 11.1 Å². The summed E-state index contributed by atoms with van der Waals surface area (Å²) in [6.07, 6.45) is 4.56. The first-order valence-electron chi connectivity index (χ1n) is 8.56. The standard InChI is InChI=1S/C21H21NO4/c1-25-21(24)19-8-5-14-22(19)15-13-20(23)26-18-11-9-17(10-12-18)16-6-3-2-4-7-16/h2-4,6-7,9-13,15,19H,5,8,14H2,1H3/b15-13+. The van der Waals surface area contributed by atoms with Crippen LogP contribution in [0.3, 0.4) is 0 Å². The fraction of sp³-hybridized carbons (Fsp3) is 0.238. The zero-order chi connectivity index (χ0) is 18.4. The molecule has 0 saturated carbocycles. The molecule has 0 amide bonds. The highest BCUT2D eigenvalue weighted by Crippen LogP contribution is 2.22. The number of methoxy groups -OCH3 is 1. The van der Waals surface area contributed by atoms with Crippen molar-refractivity contribution in [3.63, 3.8) is 0 Å². The van der Waals surface area contributed by atoms with Crippen LogP contribution in [0, 0.1) is 0 Å². The molecule has 0 aliphatic carbocycles. The Labute approximate surface area is 152 Å². The third-order valence-electron chi connectivity index (χ3n) is 4.35. The van der Waals surface area contributed by atoms with E-state index in [4.69, 9.17) is 9.47 Å². The second kappa shape index (κ2) is 8.34. The van der Waals surface area contributed by atoms with Gasteiger partial charge in [-0.25, -0.2) is 9.59 Å². The molecule has 0 aromatic heterocycles. The second-order valence-corrected chi connectivity index (χ2v) is 6.05. The maximum absolute atomic E-state index is 12.0. The molecule has 0 spiro atoms. The maximum Gasteiger partial charge on any atom is 0.337 e. The Morgan fingerprint density at radius 1 is 1.04 bits per heavy atom. The van der Waals surface area contributed by atoms with Gasteiger partial charge in [0.05, 0.1) is 7.11 Å². The first-order chi connectivity index (χ1) is 12.7. The molecule has 5 heteroatoms. The lowest BCUT2D eigenvalue weighted by Crippen LogP contribution is -2.33. The van der Waals surface area contributed by atoms with E-state index in [0.29, 0.717) is 5.75 Å². The molecule has 1 aliphatic heterocycles. The number of hydrogen-bond donors (Lipinski definition) is 0. The average Bonchev–Trinajstić information content (AvgIpc) is 3.16. The summed E-state index contributed by atoms with van der Waals surface area (Å²) in [5, 5.41) is 0. The van der Waals surface area contributed by atoms with E-state index in [-0.39, 0.29) is 12.0 Å². The van der Waals surface area contributed by atoms with Gasteiger partial charge in [-0.15, -0.1) is 0 Å². The van der Waals surface area contributed by atoms with Crippen molar-refractivity contribution in [2.75, 3.05) is 13.7 Å². The summed E-state index contributed by atoms with van der Waals surface area (Å²) in [4.78, 5) is 25.5. The molecular formula is C21H21NO4. The number of likely N-dealkylation sites (tertiary alicyclic amines) is 1. The molecule has 0 radical (unpaired) electrons. The van der Waals surface area contributed by atoms with Gasteiger partial charge in [0.1, 0.15) is 11.8 Å². The van der Waals surface area contributed by atoms with Crippen LogP contribution in [0.2, 0.25) is 0 Å². The Bertz CT molecular complexity index is 783. The number of nitrogens with zero attached hydrogens (tertiary/aromatic N) is 1. The summed E-state index contributed by atoms with van der Waals surface area (Å²) in [5.74, 6) is -0.282. The molecular weight excluding hydrogens is 330 g/mol. The Morgan fingerprint density at radius 2 is 1.73 bits per heavy atom. The zero-order valence-electron chi connectivity index (χ0n) is 14.6. The second-order valence-electron chi connectivity index (χ2n) is 6.05. The molecule has 1 atom stereocenters. The van der Waals surface area contributed by atoms with Crippen molar-refractivity contribution in [3.05, 3.63) is 66.9 Å². The van der Waals surface area contributed by atoms with E-state index in [0.717, 1.165) is 30.5 Å². The summed E-state index contributed by atoms with van der Waals surface area (Å²) in [7, 11) is 1.37. The van der Waals surface area contributed by atoms with Crippen molar-refractivity contribution >= 4 is 11.9 Å². The third kappa shape index (κ3) is 4.30. The molecule has 0 bridgehead atoms. The molecule has 26 heavy (non-hydrogen) atoms. The quantitative estimate of drug-likeness (QED) is 0.469. The van der Waals surface area contributed by atoms with Gasteiger partial charge in [-0.3, -0.25) is 0 Å². The minimum atomic E-state index is -0.479. The van der Waals surface area contributed by atoms with Crippen molar-refractivity contribution in [2.45, 2.75) is 18.9 Å². The van der Waals surface area contributed by atoms with Crippen molar-refractivity contribution in [2.24, 2.45) is 0 Å². The smallest absolute Gasteiger partial charge is 0.337 e. The number of rotatable bonds is 5. The Hall–Kier alpha value is -3.08. The van der Waals surface area contributed by atoms with E-state index >= 15 is 0 Å². The van der Waals surface area contributed by atoms with Gasteiger partial charge in [-0.05, 0) is 36.1 Å². The maximum atomic E-state index is 12.0. The molecule has 1 fully saturated rings. The first kappa shape index (κ1) is 17.7. The SMILES string of the molecule is COC(=O)C1CCCN1/C=C/C(=O)Oc1ccc(-c2ccccc2)cc1. The van der Waals surface area contributed by atoms with Gasteiger partial charge in [0.25, 0.3) is 0 Å². The van der Waals surface area contributed by atoms with E-state index in [1.54, 1.807) is 18.3 Å². The first-order valence-corrected chi connectivity index (χ1v) is 8.56. The predicted molar refractivity (Wildman–Crippen MR) is 98.4 cm³/mol. The van der Waals surface area contributed by atoms with Gasteiger partial charge >= 0.3 is 11.9 Å². The topological polar surface area (TPSA) is 55.8 Å². The normalized spacial score (nSPS) is 16.7. The van der Waals surface area contributed by atoms with E-state index in [1.807, 2.05) is 47.4 Å². The largest absolute Gasteiger partial charge is 0.467 e. The van der Waals surface area contributed by atoms with E-state index < -0.39 is 5.97 Å². The van der Waals surface area contributed by atoms with Gasteiger partial charge in [0.15, 0.2) is 0 Å². The van der Waals surface area contributed by atoms with Crippen molar-refractivity contribution < 1.29 is 19.1 Å². The predicted octanol–water partition coefficient (Wildman–Crippen LogP) is 3.41. The molecule has 5 nitrogen and oxygen atoms in total. The number of hydrogen-bond acceptors (Lipinski definition) is 5. The molecule has 1 aliphatic rings. The molecule has 1 saturated heterocycles. The van der Waals surface area contributed by atoms with E-state index in [1.165, 1.54) is 13.2 Å². The van der Waals surface area contributed by atoms with Gasteiger partial charge in [-0.1, -0.05) is 42.5 Å². The van der Waals surface area contributed by atoms with Crippen molar-refractivity contribution in [1.82, 2.24) is 4.90 Å². The third-order valence-corrected chi connectivity index (χ3v) is 4.35. The van der Waals surface area contributed by atoms with Crippen LogP contribution in [-0.2, 0) is 14.3 Å². The van der Waals surface area contributed by atoms with Gasteiger partial charge in [0.2, 0.25) is 0 Å². The monoisotopic (exact) mass is 351 g/mol. The van der Waals surface area contributed by atoms with Crippen LogP contribution in [0.4, 0.5) is 0 Å². The fourth-order valence-corrected chi connectivity index (χ4v) is 3.01. The fourth-order valence-electron chi connectivity index (χ4n) is 3.01. The molecule has 2 aromatic carbocycles.